The average Bonchev–Trinajstić information content (AvgIpc) is 3.52. The van der Waals surface area contributed by atoms with E-state index in [0.717, 1.165) is 25.0 Å². The standard InChI is InChI=1S/C39H45F4N7O5/c1-21-11-24-13-22(2)38(36(52)53,25(12-21)14-24)48-35(51)30-18-44-34(47-33(30)39(41,42)43)31-19-50(23(3)20-54-4)32-15-28(5-6-29(31)32)55-27-7-9-49(10-8-27)37-45-16-26(40)17-46-37/h5-6,15-19,21-25,27H,7-14,20H2,1-4H3,(H,48,51)(H,52,53). The predicted octanol–water partition coefficient (Wildman–Crippen LogP) is 6.95. The molecule has 1 saturated heterocycles. The molecule has 2 bridgehead atoms. The van der Waals surface area contributed by atoms with Gasteiger partial charge in [0.1, 0.15) is 17.4 Å². The molecule has 2 N–H and O–H groups in total. The zero-order valence-corrected chi connectivity index (χ0v) is 31.1. The number of nitrogens with zero attached hydrogens (tertiary/aromatic N) is 6. The molecule has 3 fully saturated rings. The molecule has 55 heavy (non-hydrogen) atoms. The molecule has 3 aliphatic rings. The van der Waals surface area contributed by atoms with Gasteiger partial charge in [-0.25, -0.2) is 29.1 Å². The van der Waals surface area contributed by atoms with Gasteiger partial charge in [-0.3, -0.25) is 4.79 Å². The molecule has 0 radical (unpaired) electrons. The smallest absolute Gasteiger partial charge is 0.434 e. The summed E-state index contributed by atoms with van der Waals surface area (Å²) in [5.74, 6) is -2.52. The van der Waals surface area contributed by atoms with Gasteiger partial charge < -0.3 is 29.4 Å². The third-order valence-corrected chi connectivity index (χ3v) is 11.7. The van der Waals surface area contributed by atoms with E-state index in [-0.39, 0.29) is 23.9 Å². The van der Waals surface area contributed by atoms with Crippen molar-refractivity contribution >= 4 is 28.7 Å². The molecule has 1 aliphatic heterocycles. The van der Waals surface area contributed by atoms with E-state index in [2.05, 4.69) is 25.3 Å². The van der Waals surface area contributed by atoms with Crippen molar-refractivity contribution in [3.63, 3.8) is 0 Å². The second-order valence-electron chi connectivity index (χ2n) is 15.5. The molecule has 4 aromatic rings. The van der Waals surface area contributed by atoms with E-state index in [9.17, 15) is 32.3 Å². The Morgan fingerprint density at radius 2 is 1.78 bits per heavy atom. The molecule has 7 rings (SSSR count). The number of benzene rings is 1. The number of methoxy groups -OCH3 is 1. The van der Waals surface area contributed by atoms with Gasteiger partial charge in [0, 0.05) is 62.5 Å². The van der Waals surface area contributed by atoms with Crippen molar-refractivity contribution in [2.75, 3.05) is 31.7 Å². The van der Waals surface area contributed by atoms with Crippen LogP contribution in [0.4, 0.5) is 23.5 Å². The summed E-state index contributed by atoms with van der Waals surface area (Å²) in [4.78, 5) is 45.1. The zero-order valence-electron chi connectivity index (χ0n) is 31.1. The van der Waals surface area contributed by atoms with Gasteiger partial charge in [0.25, 0.3) is 5.91 Å². The van der Waals surface area contributed by atoms with Gasteiger partial charge in [0.2, 0.25) is 5.95 Å². The highest BCUT2D eigenvalue weighted by Crippen LogP contribution is 2.50. The highest BCUT2D eigenvalue weighted by Gasteiger charge is 2.57. The third kappa shape index (κ3) is 7.44. The first-order chi connectivity index (χ1) is 26.2. The molecule has 4 heterocycles. The number of carboxylic acids is 1. The lowest BCUT2D eigenvalue weighted by Gasteiger charge is -2.52. The number of nitrogens with one attached hydrogen (secondary N) is 1. The van der Waals surface area contributed by atoms with E-state index in [1.165, 1.54) is 0 Å². The largest absolute Gasteiger partial charge is 0.490 e. The van der Waals surface area contributed by atoms with Gasteiger partial charge in [0.05, 0.1) is 36.1 Å². The molecule has 294 valence electrons. The number of carboxylic acid groups (broad SMARTS) is 1. The minimum atomic E-state index is -5.05. The van der Waals surface area contributed by atoms with Crippen molar-refractivity contribution in [1.82, 2.24) is 29.8 Å². The Kier molecular flexibility index (Phi) is 10.5. The van der Waals surface area contributed by atoms with Crippen LogP contribution in [-0.2, 0) is 15.7 Å². The van der Waals surface area contributed by atoms with Crippen molar-refractivity contribution in [3.05, 3.63) is 60.1 Å². The van der Waals surface area contributed by atoms with E-state index in [4.69, 9.17) is 9.47 Å². The minimum absolute atomic E-state index is 0.135. The zero-order chi connectivity index (χ0) is 39.2. The normalized spacial score (nSPS) is 25.1. The SMILES string of the molecule is COCC(C)n1cc(-c2ncc(C(=O)NC3(C(=O)O)C(C)CC4CC(C)CC3C4)c(C(F)(F)F)n2)c2ccc(OC3CCN(c4ncc(F)cn4)CC3)cc21. The first-order valence-corrected chi connectivity index (χ1v) is 18.7. The highest BCUT2D eigenvalue weighted by atomic mass is 19.4. The Morgan fingerprint density at radius 1 is 1.05 bits per heavy atom. The lowest BCUT2D eigenvalue weighted by molar-refractivity contribution is -0.155. The van der Waals surface area contributed by atoms with E-state index < -0.39 is 52.5 Å². The summed E-state index contributed by atoms with van der Waals surface area (Å²) < 4.78 is 71.3. The number of carbonyl (C=O) groups excluding carboxylic acids is 1. The number of piperidine rings is 1. The fraction of sp³-hybridized carbons (Fsp3) is 0.538. The summed E-state index contributed by atoms with van der Waals surface area (Å²) in [6, 6.07) is 5.07. The van der Waals surface area contributed by atoms with Gasteiger partial charge in [-0.15, -0.1) is 0 Å². The number of amides is 1. The van der Waals surface area contributed by atoms with Crippen LogP contribution in [0.2, 0.25) is 0 Å². The van der Waals surface area contributed by atoms with Gasteiger partial charge in [-0.05, 0) is 68.4 Å². The fourth-order valence-electron chi connectivity index (χ4n) is 9.21. The monoisotopic (exact) mass is 767 g/mol. The van der Waals surface area contributed by atoms with Crippen molar-refractivity contribution < 1.29 is 41.7 Å². The lowest BCUT2D eigenvalue weighted by Crippen LogP contribution is -2.66. The molecule has 3 aromatic heterocycles. The van der Waals surface area contributed by atoms with Crippen LogP contribution >= 0.6 is 0 Å². The van der Waals surface area contributed by atoms with E-state index in [1.54, 1.807) is 32.4 Å². The molecular formula is C39H45F4N7O5. The van der Waals surface area contributed by atoms with Crippen LogP contribution < -0.4 is 15.0 Å². The van der Waals surface area contributed by atoms with Crippen LogP contribution in [-0.4, -0.2) is 79.9 Å². The topological polar surface area (TPSA) is 145 Å². The number of fused-ring (bicyclic) bond motifs is 3. The first-order valence-electron chi connectivity index (χ1n) is 18.7. The van der Waals surface area contributed by atoms with Crippen molar-refractivity contribution in [1.29, 1.82) is 0 Å². The summed E-state index contributed by atoms with van der Waals surface area (Å²) in [7, 11) is 1.55. The number of hydrogen-bond donors (Lipinski definition) is 2. The maximum absolute atomic E-state index is 14.8. The van der Waals surface area contributed by atoms with E-state index in [1.807, 2.05) is 29.4 Å². The molecule has 0 spiro atoms. The van der Waals surface area contributed by atoms with Gasteiger partial charge in [-0.1, -0.05) is 13.8 Å². The Morgan fingerprint density at radius 3 is 2.45 bits per heavy atom. The number of hydrogen-bond acceptors (Lipinski definition) is 9. The Hall–Kier alpha value is -4.86. The predicted molar refractivity (Wildman–Crippen MR) is 194 cm³/mol. The molecule has 2 saturated carbocycles. The number of rotatable bonds is 10. The number of anilines is 1. The number of ether oxygens (including phenoxy) is 2. The number of carbonyl (C=O) groups is 2. The van der Waals surface area contributed by atoms with Gasteiger partial charge >= 0.3 is 12.1 Å². The summed E-state index contributed by atoms with van der Waals surface area (Å²) in [5, 5.41) is 13.7. The second kappa shape index (κ2) is 15.0. The van der Waals surface area contributed by atoms with Crippen molar-refractivity contribution in [3.8, 4) is 17.1 Å². The first kappa shape index (κ1) is 38.4. The maximum Gasteiger partial charge on any atom is 0.434 e. The minimum Gasteiger partial charge on any atom is -0.490 e. The number of halogens is 4. The molecule has 2 aliphatic carbocycles. The van der Waals surface area contributed by atoms with Crippen LogP contribution in [0, 0.1) is 29.5 Å². The molecule has 1 aromatic carbocycles. The van der Waals surface area contributed by atoms with Crippen LogP contribution in [0.5, 0.6) is 5.75 Å². The quantitative estimate of drug-likeness (QED) is 0.163. The van der Waals surface area contributed by atoms with Crippen molar-refractivity contribution in [2.45, 2.75) is 83.2 Å². The molecule has 12 nitrogen and oxygen atoms in total. The number of aromatic nitrogens is 5. The molecule has 6 unspecified atom stereocenters. The second-order valence-corrected chi connectivity index (χ2v) is 15.5. The van der Waals surface area contributed by atoms with Gasteiger partial charge in [-0.2, -0.15) is 13.2 Å². The summed E-state index contributed by atoms with van der Waals surface area (Å²) in [6.07, 6.45) is 3.57. The van der Waals surface area contributed by atoms with Gasteiger partial charge in [0.15, 0.2) is 17.3 Å². The van der Waals surface area contributed by atoms with E-state index in [0.29, 0.717) is 85.9 Å². The summed E-state index contributed by atoms with van der Waals surface area (Å²) >= 11 is 0. The Labute approximate surface area is 315 Å². The maximum atomic E-state index is 14.8. The van der Waals surface area contributed by atoms with Crippen LogP contribution in [0.1, 0.15) is 81.4 Å². The molecular weight excluding hydrogens is 722 g/mol. The van der Waals surface area contributed by atoms with Crippen LogP contribution in [0.3, 0.4) is 0 Å². The Balaban J connectivity index is 1.18. The van der Waals surface area contributed by atoms with E-state index >= 15 is 0 Å². The summed E-state index contributed by atoms with van der Waals surface area (Å²) in [6.45, 7) is 7.20. The van der Waals surface area contributed by atoms with Crippen LogP contribution in [0.25, 0.3) is 22.3 Å². The number of aliphatic carboxylic acids is 1. The fourth-order valence-corrected chi connectivity index (χ4v) is 9.21. The van der Waals surface area contributed by atoms with Crippen LogP contribution in [0.15, 0.2) is 43.0 Å². The lowest BCUT2D eigenvalue weighted by atomic mass is 9.56. The van der Waals surface area contributed by atoms with Crippen molar-refractivity contribution in [2.24, 2.45) is 23.7 Å². The third-order valence-electron chi connectivity index (χ3n) is 11.7. The molecule has 16 heteroatoms. The number of alkyl halides is 3. The highest BCUT2D eigenvalue weighted by molar-refractivity contribution is 6.00. The summed E-state index contributed by atoms with van der Waals surface area (Å²) in [5.41, 5.74) is -3.04. The molecule has 6 atom stereocenters. The molecule has 1 amide bonds. The average molecular weight is 768 g/mol. The Bertz CT molecular complexity index is 2050.